The van der Waals surface area contributed by atoms with Gasteiger partial charge in [-0.3, -0.25) is 0 Å². The third-order valence-electron chi connectivity index (χ3n) is 9.11. The first-order chi connectivity index (χ1) is 22.1. The minimum absolute atomic E-state index is 0.0350. The molecule has 0 saturated heterocycles. The number of esters is 3. The Morgan fingerprint density at radius 2 is 0.756 bits per heavy atom. The van der Waals surface area contributed by atoms with Gasteiger partial charge in [-0.1, -0.05) is 77.0 Å². The first kappa shape index (κ1) is 34.7. The van der Waals surface area contributed by atoms with Crippen LogP contribution < -0.4 is 0 Å². The van der Waals surface area contributed by atoms with Crippen LogP contribution in [0.25, 0.3) is 0 Å². The summed E-state index contributed by atoms with van der Waals surface area (Å²) >= 11 is 0. The first-order valence-electron chi connectivity index (χ1n) is 18.0. The standard InChI is InChI=1S/C39H54O6/c40-37(43-32-22-16-10-4-1-5-11-17-23-32)31-28-29-35(38(41)44-33-24-18-12-6-2-7-13-19-25-33)36(30-31)39(42)45-34-26-20-14-8-3-9-15-21-27-34/h22,24,26,28-30H,1-21,23,25,27H2. The van der Waals surface area contributed by atoms with E-state index in [-0.39, 0.29) is 16.7 Å². The van der Waals surface area contributed by atoms with E-state index in [1.54, 1.807) is 6.07 Å². The Kier molecular flexibility index (Phi) is 15.5. The van der Waals surface area contributed by atoms with Gasteiger partial charge in [0.2, 0.25) is 0 Å². The maximum Gasteiger partial charge on any atom is 0.344 e. The van der Waals surface area contributed by atoms with Gasteiger partial charge in [0.1, 0.15) is 17.3 Å². The van der Waals surface area contributed by atoms with Gasteiger partial charge in [-0.15, -0.1) is 0 Å². The Labute approximate surface area is 270 Å². The molecule has 3 aliphatic carbocycles. The summed E-state index contributed by atoms with van der Waals surface area (Å²) in [5.74, 6) is 0.209. The first-order valence-corrected chi connectivity index (χ1v) is 18.0. The molecule has 0 unspecified atom stereocenters. The Morgan fingerprint density at radius 1 is 0.400 bits per heavy atom. The van der Waals surface area contributed by atoms with E-state index >= 15 is 0 Å². The summed E-state index contributed by atoms with van der Waals surface area (Å²) in [6.07, 6.45) is 31.0. The molecule has 0 bridgehead atoms. The molecular weight excluding hydrogens is 564 g/mol. The maximum absolute atomic E-state index is 13.7. The molecule has 0 amide bonds. The van der Waals surface area contributed by atoms with Gasteiger partial charge in [0.15, 0.2) is 0 Å². The quantitative estimate of drug-likeness (QED) is 0.233. The monoisotopic (exact) mass is 618 g/mol. The zero-order valence-electron chi connectivity index (χ0n) is 27.4. The normalized spacial score (nSPS) is 19.9. The van der Waals surface area contributed by atoms with Crippen LogP contribution >= 0.6 is 0 Å². The van der Waals surface area contributed by atoms with Gasteiger partial charge >= 0.3 is 17.9 Å². The number of ether oxygens (including phenoxy) is 3. The minimum atomic E-state index is -0.641. The molecule has 3 aliphatic rings. The van der Waals surface area contributed by atoms with Gasteiger partial charge < -0.3 is 14.2 Å². The van der Waals surface area contributed by atoms with Gasteiger partial charge in [-0.2, -0.15) is 0 Å². The van der Waals surface area contributed by atoms with Crippen molar-refractivity contribution in [1.29, 1.82) is 0 Å². The van der Waals surface area contributed by atoms with E-state index in [9.17, 15) is 14.4 Å². The van der Waals surface area contributed by atoms with E-state index in [4.69, 9.17) is 14.2 Å². The van der Waals surface area contributed by atoms with Crippen molar-refractivity contribution < 1.29 is 28.6 Å². The molecule has 0 aliphatic heterocycles. The van der Waals surface area contributed by atoms with E-state index in [0.717, 1.165) is 77.0 Å². The molecule has 0 aromatic heterocycles. The molecule has 246 valence electrons. The van der Waals surface area contributed by atoms with Crippen LogP contribution in [0.1, 0.15) is 185 Å². The summed E-state index contributed by atoms with van der Waals surface area (Å²) in [7, 11) is 0. The highest BCUT2D eigenvalue weighted by Gasteiger charge is 2.25. The molecule has 0 fully saturated rings. The number of carbonyl (C=O) groups is 3. The lowest BCUT2D eigenvalue weighted by Gasteiger charge is -2.16. The SMILES string of the molecule is O=C(OC1=CCCCCCCCC1)c1ccc(C(=O)OC2=CCCCCCCCC2)c(C(=O)OC2=CCCCCCCCC2)c1. The molecule has 6 nitrogen and oxygen atoms in total. The van der Waals surface area contributed by atoms with E-state index in [0.29, 0.717) is 36.5 Å². The molecule has 1 aromatic rings. The van der Waals surface area contributed by atoms with Crippen LogP contribution in [0.5, 0.6) is 0 Å². The van der Waals surface area contributed by atoms with Gasteiger partial charge in [0, 0.05) is 19.3 Å². The smallest absolute Gasteiger partial charge is 0.344 e. The predicted octanol–water partition coefficient (Wildman–Crippen LogP) is 11.2. The molecule has 0 radical (unpaired) electrons. The van der Waals surface area contributed by atoms with Crippen LogP contribution in [-0.4, -0.2) is 17.9 Å². The number of rotatable bonds is 6. The number of allylic oxidation sites excluding steroid dienone is 6. The van der Waals surface area contributed by atoms with Crippen molar-refractivity contribution in [3.63, 3.8) is 0 Å². The van der Waals surface area contributed by atoms with Crippen molar-refractivity contribution in [2.45, 2.75) is 154 Å². The van der Waals surface area contributed by atoms with E-state index < -0.39 is 17.9 Å². The number of benzene rings is 1. The predicted molar refractivity (Wildman–Crippen MR) is 178 cm³/mol. The van der Waals surface area contributed by atoms with Gasteiger partial charge in [-0.05, 0) is 94.2 Å². The second-order valence-corrected chi connectivity index (χ2v) is 12.9. The lowest BCUT2D eigenvalue weighted by molar-refractivity contribution is 0.0562. The summed E-state index contributed by atoms with van der Waals surface area (Å²) in [5, 5.41) is 0. The molecule has 0 atom stereocenters. The van der Waals surface area contributed by atoms with Crippen molar-refractivity contribution in [2.24, 2.45) is 0 Å². The summed E-state index contributed by atoms with van der Waals surface area (Å²) in [4.78, 5) is 40.7. The molecule has 0 heterocycles. The van der Waals surface area contributed by atoms with Crippen molar-refractivity contribution in [2.75, 3.05) is 0 Å². The molecular formula is C39H54O6. The highest BCUT2D eigenvalue weighted by molar-refractivity contribution is 6.05. The zero-order chi connectivity index (χ0) is 31.5. The number of hydrogen-bond acceptors (Lipinski definition) is 6. The topological polar surface area (TPSA) is 78.9 Å². The Hall–Kier alpha value is -3.15. The third kappa shape index (κ3) is 12.6. The molecule has 0 saturated carbocycles. The van der Waals surface area contributed by atoms with Crippen LogP contribution in [0, 0.1) is 0 Å². The number of hydrogen-bond donors (Lipinski definition) is 0. The lowest BCUT2D eigenvalue weighted by atomic mass is 10.0. The Bertz CT molecular complexity index is 1210. The van der Waals surface area contributed by atoms with Crippen molar-refractivity contribution in [3.8, 4) is 0 Å². The second-order valence-electron chi connectivity index (χ2n) is 12.9. The highest BCUT2D eigenvalue weighted by atomic mass is 16.5. The van der Waals surface area contributed by atoms with E-state index in [1.165, 1.54) is 69.9 Å². The van der Waals surface area contributed by atoms with Crippen molar-refractivity contribution >= 4 is 17.9 Å². The van der Waals surface area contributed by atoms with E-state index in [1.807, 2.05) is 18.2 Å². The van der Waals surface area contributed by atoms with Crippen LogP contribution in [0.15, 0.2) is 53.7 Å². The summed E-state index contributed by atoms with van der Waals surface area (Å²) in [5.41, 5.74) is 0.357. The average Bonchev–Trinajstić information content (AvgIpc) is 3.06. The average molecular weight is 619 g/mol. The van der Waals surface area contributed by atoms with Crippen LogP contribution in [0.2, 0.25) is 0 Å². The summed E-state index contributed by atoms with van der Waals surface area (Å²) < 4.78 is 17.7. The fourth-order valence-corrected chi connectivity index (χ4v) is 6.37. The molecule has 45 heavy (non-hydrogen) atoms. The largest absolute Gasteiger partial charge is 0.428 e. The fourth-order valence-electron chi connectivity index (χ4n) is 6.37. The summed E-state index contributed by atoms with van der Waals surface area (Å²) in [6, 6.07) is 4.52. The van der Waals surface area contributed by atoms with Gasteiger partial charge in [-0.25, -0.2) is 14.4 Å². The van der Waals surface area contributed by atoms with Crippen LogP contribution in [0.3, 0.4) is 0 Å². The van der Waals surface area contributed by atoms with Gasteiger partial charge in [0.25, 0.3) is 0 Å². The maximum atomic E-state index is 13.7. The zero-order valence-corrected chi connectivity index (χ0v) is 27.4. The molecule has 4 rings (SSSR count). The van der Waals surface area contributed by atoms with Gasteiger partial charge in [0.05, 0.1) is 16.7 Å². The molecule has 0 spiro atoms. The van der Waals surface area contributed by atoms with Crippen molar-refractivity contribution in [3.05, 3.63) is 70.4 Å². The van der Waals surface area contributed by atoms with Crippen LogP contribution in [0.4, 0.5) is 0 Å². The third-order valence-corrected chi connectivity index (χ3v) is 9.11. The highest BCUT2D eigenvalue weighted by Crippen LogP contribution is 2.25. The number of carbonyl (C=O) groups excluding carboxylic acids is 3. The second kappa shape index (κ2) is 20.1. The minimum Gasteiger partial charge on any atom is -0.428 e. The Morgan fingerprint density at radius 3 is 1.20 bits per heavy atom. The summed E-state index contributed by atoms with van der Waals surface area (Å²) in [6.45, 7) is 0. The van der Waals surface area contributed by atoms with E-state index in [2.05, 4.69) is 0 Å². The molecule has 6 heteroatoms. The van der Waals surface area contributed by atoms with Crippen LogP contribution in [-0.2, 0) is 14.2 Å². The fraction of sp³-hybridized carbons (Fsp3) is 0.615. The molecule has 1 aromatic carbocycles. The lowest BCUT2D eigenvalue weighted by Crippen LogP contribution is -2.16. The van der Waals surface area contributed by atoms with Crippen molar-refractivity contribution in [1.82, 2.24) is 0 Å². The molecule has 0 N–H and O–H groups in total. The Balaban J connectivity index is 1.56.